The van der Waals surface area contributed by atoms with Gasteiger partial charge in [0.25, 0.3) is 0 Å². The number of para-hydroxylation sites is 1. The van der Waals surface area contributed by atoms with Crippen molar-refractivity contribution in [2.45, 2.75) is 19.8 Å². The van der Waals surface area contributed by atoms with E-state index in [2.05, 4.69) is 5.32 Å². The first-order valence-corrected chi connectivity index (χ1v) is 7.37. The van der Waals surface area contributed by atoms with E-state index in [-0.39, 0.29) is 18.9 Å². The molecule has 1 amide bonds. The van der Waals surface area contributed by atoms with Crippen molar-refractivity contribution in [3.8, 4) is 0 Å². The fraction of sp³-hybridized carbons (Fsp3) is 0.429. The van der Waals surface area contributed by atoms with Crippen LogP contribution in [0.1, 0.15) is 19.8 Å². The average Bonchev–Trinajstić information content (AvgIpc) is 2.41. The molecule has 0 fully saturated rings. The van der Waals surface area contributed by atoms with E-state index in [0.29, 0.717) is 35.2 Å². The number of carboxylic acids is 1. The highest BCUT2D eigenvalue weighted by molar-refractivity contribution is 6.39. The molecule has 1 aromatic carbocycles. The third-order valence-corrected chi connectivity index (χ3v) is 3.54. The summed E-state index contributed by atoms with van der Waals surface area (Å²) in [6, 6.07) is 4.99. The Bertz CT molecular complexity index is 489. The van der Waals surface area contributed by atoms with Crippen LogP contribution < -0.4 is 5.32 Å². The molecule has 2 N–H and O–H groups in total. The Kier molecular flexibility index (Phi) is 7.50. The van der Waals surface area contributed by atoms with Crippen molar-refractivity contribution < 1.29 is 14.7 Å². The van der Waals surface area contributed by atoms with Crippen molar-refractivity contribution in [1.29, 1.82) is 0 Å². The van der Waals surface area contributed by atoms with Crippen molar-refractivity contribution in [3.05, 3.63) is 28.2 Å². The molecule has 1 rings (SSSR count). The van der Waals surface area contributed by atoms with Gasteiger partial charge in [-0.15, -0.1) is 0 Å². The third-order valence-electron chi connectivity index (χ3n) is 2.91. The maximum atomic E-state index is 12.0. The molecule has 21 heavy (non-hydrogen) atoms. The fourth-order valence-corrected chi connectivity index (χ4v) is 2.29. The first-order valence-electron chi connectivity index (χ1n) is 6.62. The van der Waals surface area contributed by atoms with Crippen LogP contribution in [0.25, 0.3) is 0 Å². The van der Waals surface area contributed by atoms with E-state index in [1.54, 1.807) is 18.2 Å². The molecule has 0 aliphatic carbocycles. The van der Waals surface area contributed by atoms with E-state index in [0.717, 1.165) is 0 Å². The number of carbonyl (C=O) groups is 2. The SMILES string of the molecule is CCN(CCCC(=O)O)CC(=O)Nc1c(Cl)cccc1Cl. The smallest absolute Gasteiger partial charge is 0.303 e. The second kappa shape index (κ2) is 8.87. The van der Waals surface area contributed by atoms with E-state index >= 15 is 0 Å². The van der Waals surface area contributed by atoms with Crippen molar-refractivity contribution >= 4 is 40.8 Å². The van der Waals surface area contributed by atoms with Gasteiger partial charge < -0.3 is 10.4 Å². The van der Waals surface area contributed by atoms with E-state index in [9.17, 15) is 9.59 Å². The van der Waals surface area contributed by atoms with Gasteiger partial charge in [0.2, 0.25) is 5.91 Å². The van der Waals surface area contributed by atoms with Crippen molar-refractivity contribution in [1.82, 2.24) is 4.90 Å². The van der Waals surface area contributed by atoms with E-state index < -0.39 is 5.97 Å². The zero-order valence-corrected chi connectivity index (χ0v) is 13.2. The number of halogens is 2. The molecule has 1 aromatic rings. The highest BCUT2D eigenvalue weighted by Gasteiger charge is 2.13. The van der Waals surface area contributed by atoms with Gasteiger partial charge in [0.1, 0.15) is 0 Å². The van der Waals surface area contributed by atoms with E-state index in [1.165, 1.54) is 0 Å². The lowest BCUT2D eigenvalue weighted by Gasteiger charge is -2.19. The number of amides is 1. The minimum Gasteiger partial charge on any atom is -0.481 e. The van der Waals surface area contributed by atoms with Crippen LogP contribution in [-0.2, 0) is 9.59 Å². The number of carboxylic acid groups (broad SMARTS) is 1. The number of aliphatic carboxylic acids is 1. The number of hydrogen-bond acceptors (Lipinski definition) is 3. The lowest BCUT2D eigenvalue weighted by atomic mass is 10.3. The number of likely N-dealkylation sites (N-methyl/N-ethyl adjacent to an activating group) is 1. The molecule has 0 unspecified atom stereocenters. The van der Waals surface area contributed by atoms with Gasteiger partial charge >= 0.3 is 5.97 Å². The van der Waals surface area contributed by atoms with Gasteiger partial charge in [-0.25, -0.2) is 0 Å². The van der Waals surface area contributed by atoms with Gasteiger partial charge in [0.05, 0.1) is 22.3 Å². The van der Waals surface area contributed by atoms with Gasteiger partial charge in [0.15, 0.2) is 0 Å². The monoisotopic (exact) mass is 332 g/mol. The maximum Gasteiger partial charge on any atom is 0.303 e. The summed E-state index contributed by atoms with van der Waals surface area (Å²) in [5.41, 5.74) is 0.396. The number of benzene rings is 1. The molecule has 0 spiro atoms. The summed E-state index contributed by atoms with van der Waals surface area (Å²) in [7, 11) is 0. The summed E-state index contributed by atoms with van der Waals surface area (Å²) in [5, 5.41) is 12.1. The van der Waals surface area contributed by atoms with Crippen LogP contribution in [0.5, 0.6) is 0 Å². The molecule has 0 bridgehead atoms. The molecule has 0 aliphatic rings. The molecule has 0 saturated carbocycles. The molecule has 0 atom stereocenters. The molecule has 5 nitrogen and oxygen atoms in total. The molecule has 0 heterocycles. The molecule has 7 heteroatoms. The topological polar surface area (TPSA) is 69.6 Å². The second-order valence-electron chi connectivity index (χ2n) is 4.51. The number of nitrogens with one attached hydrogen (secondary N) is 1. The lowest BCUT2D eigenvalue weighted by Crippen LogP contribution is -2.34. The van der Waals surface area contributed by atoms with Gasteiger partial charge in [-0.1, -0.05) is 36.2 Å². The highest BCUT2D eigenvalue weighted by atomic mass is 35.5. The van der Waals surface area contributed by atoms with Gasteiger partial charge in [-0.2, -0.15) is 0 Å². The van der Waals surface area contributed by atoms with Crippen LogP contribution in [0.15, 0.2) is 18.2 Å². The molecule has 0 radical (unpaired) electrons. The van der Waals surface area contributed by atoms with Crippen LogP contribution in [0, 0.1) is 0 Å². The number of nitrogens with zero attached hydrogens (tertiary/aromatic N) is 1. The van der Waals surface area contributed by atoms with Gasteiger partial charge in [-0.3, -0.25) is 14.5 Å². The molecule has 0 saturated heterocycles. The standard InChI is InChI=1S/C14H18Cl2N2O3/c1-2-18(8-4-7-13(20)21)9-12(19)17-14-10(15)5-3-6-11(14)16/h3,5-6H,2,4,7-9H2,1H3,(H,17,19)(H,20,21). The summed E-state index contributed by atoms with van der Waals surface area (Å²) in [6.45, 7) is 3.28. The van der Waals surface area contributed by atoms with Crippen LogP contribution in [0.2, 0.25) is 10.0 Å². The third kappa shape index (κ3) is 6.33. The zero-order valence-electron chi connectivity index (χ0n) is 11.7. The summed E-state index contributed by atoms with van der Waals surface area (Å²) >= 11 is 12.0. The summed E-state index contributed by atoms with van der Waals surface area (Å²) in [4.78, 5) is 24.3. The molecular formula is C14H18Cl2N2O3. The normalized spacial score (nSPS) is 10.7. The minimum atomic E-state index is -0.835. The first kappa shape index (κ1) is 17.8. The quantitative estimate of drug-likeness (QED) is 0.767. The fourth-order valence-electron chi connectivity index (χ4n) is 1.80. The number of carbonyl (C=O) groups excluding carboxylic acids is 1. The van der Waals surface area contributed by atoms with Crippen LogP contribution in [0.3, 0.4) is 0 Å². The van der Waals surface area contributed by atoms with Crippen molar-refractivity contribution in [2.24, 2.45) is 0 Å². The first-order chi connectivity index (χ1) is 9.93. The summed E-state index contributed by atoms with van der Waals surface area (Å²) in [5.74, 6) is -1.07. The molecule has 0 aromatic heterocycles. The van der Waals surface area contributed by atoms with Crippen LogP contribution >= 0.6 is 23.2 Å². The van der Waals surface area contributed by atoms with Gasteiger partial charge in [0, 0.05) is 6.42 Å². The maximum absolute atomic E-state index is 12.0. The van der Waals surface area contributed by atoms with Crippen LogP contribution in [0.4, 0.5) is 5.69 Å². The Labute approximate surface area is 133 Å². The minimum absolute atomic E-state index is 0.0917. The van der Waals surface area contributed by atoms with Crippen LogP contribution in [-0.4, -0.2) is 41.5 Å². The number of anilines is 1. The summed E-state index contributed by atoms with van der Waals surface area (Å²) in [6.07, 6.45) is 0.595. The molecular weight excluding hydrogens is 315 g/mol. The lowest BCUT2D eigenvalue weighted by molar-refractivity contribution is -0.137. The Hall–Kier alpha value is -1.30. The van der Waals surface area contributed by atoms with Crippen molar-refractivity contribution in [2.75, 3.05) is 25.0 Å². The number of hydrogen-bond donors (Lipinski definition) is 2. The Morgan fingerprint density at radius 3 is 2.43 bits per heavy atom. The largest absolute Gasteiger partial charge is 0.481 e. The predicted octanol–water partition coefficient (Wildman–Crippen LogP) is 3.12. The van der Waals surface area contributed by atoms with E-state index in [4.69, 9.17) is 28.3 Å². The zero-order chi connectivity index (χ0) is 15.8. The number of rotatable bonds is 8. The second-order valence-corrected chi connectivity index (χ2v) is 5.33. The Morgan fingerprint density at radius 1 is 1.29 bits per heavy atom. The van der Waals surface area contributed by atoms with E-state index in [1.807, 2.05) is 11.8 Å². The Balaban J connectivity index is 2.53. The predicted molar refractivity (Wildman–Crippen MR) is 84.1 cm³/mol. The van der Waals surface area contributed by atoms with Crippen molar-refractivity contribution in [3.63, 3.8) is 0 Å². The summed E-state index contributed by atoms with van der Waals surface area (Å²) < 4.78 is 0. The Morgan fingerprint density at radius 2 is 1.90 bits per heavy atom. The molecule has 116 valence electrons. The average molecular weight is 333 g/mol. The molecule has 0 aliphatic heterocycles. The van der Waals surface area contributed by atoms with Gasteiger partial charge in [-0.05, 0) is 31.6 Å². The highest BCUT2D eigenvalue weighted by Crippen LogP contribution is 2.29.